The molecule has 2 heterocycles. The fourth-order valence-corrected chi connectivity index (χ4v) is 4.16. The summed E-state index contributed by atoms with van der Waals surface area (Å²) >= 11 is 1.95. The van der Waals surface area contributed by atoms with E-state index in [9.17, 15) is 0 Å². The summed E-state index contributed by atoms with van der Waals surface area (Å²) < 4.78 is 11.5. The van der Waals surface area contributed by atoms with Crippen LogP contribution >= 0.6 is 11.8 Å². The Bertz CT molecular complexity index is 503. The van der Waals surface area contributed by atoms with E-state index in [0.717, 1.165) is 11.5 Å². The van der Waals surface area contributed by atoms with E-state index < -0.39 is 0 Å². The second kappa shape index (κ2) is 5.49. The zero-order valence-electron chi connectivity index (χ0n) is 12.6. The summed E-state index contributed by atoms with van der Waals surface area (Å²) in [4.78, 5) is 1.33. The molecule has 4 heteroatoms. The Kier molecular flexibility index (Phi) is 3.87. The molecule has 0 aromatic heterocycles. The van der Waals surface area contributed by atoms with Gasteiger partial charge in [-0.05, 0) is 23.6 Å². The van der Waals surface area contributed by atoms with E-state index in [0.29, 0.717) is 36.5 Å². The van der Waals surface area contributed by atoms with Crippen LogP contribution in [-0.2, 0) is 0 Å². The van der Waals surface area contributed by atoms with Crippen LogP contribution in [0.3, 0.4) is 0 Å². The van der Waals surface area contributed by atoms with Crippen molar-refractivity contribution in [3.63, 3.8) is 0 Å². The van der Waals surface area contributed by atoms with Crippen molar-refractivity contribution in [1.29, 1.82) is 0 Å². The number of hydrogen-bond donors (Lipinski definition) is 1. The molecule has 1 aromatic rings. The predicted molar refractivity (Wildman–Crippen MR) is 82.9 cm³/mol. The Morgan fingerprint density at radius 3 is 2.45 bits per heavy atom. The van der Waals surface area contributed by atoms with Crippen molar-refractivity contribution in [2.45, 2.75) is 49.9 Å². The lowest BCUT2D eigenvalue weighted by Crippen LogP contribution is -2.38. The van der Waals surface area contributed by atoms with Crippen LogP contribution < -0.4 is 14.8 Å². The van der Waals surface area contributed by atoms with Gasteiger partial charge in [-0.15, -0.1) is 11.8 Å². The van der Waals surface area contributed by atoms with Gasteiger partial charge in [0.2, 0.25) is 0 Å². The summed E-state index contributed by atoms with van der Waals surface area (Å²) in [7, 11) is 0. The van der Waals surface area contributed by atoms with Crippen LogP contribution in [0.15, 0.2) is 17.0 Å². The van der Waals surface area contributed by atoms with Crippen LogP contribution in [0.1, 0.15) is 39.3 Å². The first kappa shape index (κ1) is 14.1. The maximum atomic E-state index is 5.74. The first-order chi connectivity index (χ1) is 9.56. The molecule has 0 radical (unpaired) electrons. The van der Waals surface area contributed by atoms with Gasteiger partial charge in [0.15, 0.2) is 11.5 Å². The van der Waals surface area contributed by atoms with Gasteiger partial charge in [-0.2, -0.15) is 0 Å². The molecule has 2 aliphatic rings. The second-order valence-corrected chi connectivity index (χ2v) is 7.43. The maximum Gasteiger partial charge on any atom is 0.162 e. The Morgan fingerprint density at radius 1 is 1.15 bits per heavy atom. The number of thioether (sulfide) groups is 1. The number of ether oxygens (including phenoxy) is 2. The van der Waals surface area contributed by atoms with Crippen molar-refractivity contribution >= 4 is 11.8 Å². The summed E-state index contributed by atoms with van der Waals surface area (Å²) in [5.74, 6) is 2.39. The van der Waals surface area contributed by atoms with Gasteiger partial charge in [0.05, 0.1) is 0 Å². The third-order valence-electron chi connectivity index (χ3n) is 4.10. The molecule has 1 N–H and O–H groups in total. The first-order valence-electron chi connectivity index (χ1n) is 7.42. The average molecular weight is 293 g/mol. The van der Waals surface area contributed by atoms with Crippen molar-refractivity contribution in [2.75, 3.05) is 13.2 Å². The third kappa shape index (κ3) is 2.51. The fraction of sp³-hybridized carbons (Fsp3) is 0.625. The van der Waals surface area contributed by atoms with E-state index >= 15 is 0 Å². The highest BCUT2D eigenvalue weighted by Crippen LogP contribution is 2.48. The van der Waals surface area contributed by atoms with Crippen LogP contribution in [0.5, 0.6) is 11.5 Å². The molecule has 3 rings (SSSR count). The molecule has 0 fully saturated rings. The molecule has 0 amide bonds. The molecule has 3 atom stereocenters. The number of hydrogen-bond acceptors (Lipinski definition) is 4. The van der Waals surface area contributed by atoms with Crippen LogP contribution in [-0.4, -0.2) is 24.5 Å². The highest BCUT2D eigenvalue weighted by molar-refractivity contribution is 8.00. The van der Waals surface area contributed by atoms with Crippen molar-refractivity contribution < 1.29 is 9.47 Å². The molecule has 20 heavy (non-hydrogen) atoms. The van der Waals surface area contributed by atoms with Gasteiger partial charge < -0.3 is 14.8 Å². The van der Waals surface area contributed by atoms with Crippen molar-refractivity contribution in [3.05, 3.63) is 17.7 Å². The minimum Gasteiger partial charge on any atom is -0.486 e. The lowest BCUT2D eigenvalue weighted by Gasteiger charge is -2.38. The second-order valence-electron chi connectivity index (χ2n) is 6.01. The lowest BCUT2D eigenvalue weighted by molar-refractivity contribution is 0.170. The van der Waals surface area contributed by atoms with E-state index in [2.05, 4.69) is 45.1 Å². The summed E-state index contributed by atoms with van der Waals surface area (Å²) in [5, 5.41) is 4.31. The maximum absolute atomic E-state index is 5.74. The highest BCUT2D eigenvalue weighted by atomic mass is 32.2. The predicted octanol–water partition coefficient (Wildman–Crippen LogP) is 3.63. The standard InChI is InChI=1S/C16H23NO2S/c1-9(2)17-16-10(3)11(4)20-15-8-14-13(7-12(15)16)18-5-6-19-14/h7-11,16-17H,5-6H2,1-4H3. The van der Waals surface area contributed by atoms with Gasteiger partial charge in [0.1, 0.15) is 13.2 Å². The van der Waals surface area contributed by atoms with Gasteiger partial charge in [-0.1, -0.05) is 27.7 Å². The normalized spacial score (nSPS) is 28.4. The molecule has 0 aliphatic carbocycles. The molecule has 0 saturated heterocycles. The number of nitrogens with one attached hydrogen (secondary N) is 1. The van der Waals surface area contributed by atoms with Crippen molar-refractivity contribution in [2.24, 2.45) is 5.92 Å². The Labute approximate surface area is 125 Å². The quantitative estimate of drug-likeness (QED) is 0.902. The molecule has 3 unspecified atom stereocenters. The molecule has 110 valence electrons. The third-order valence-corrected chi connectivity index (χ3v) is 5.51. The minimum absolute atomic E-state index is 0.386. The smallest absolute Gasteiger partial charge is 0.162 e. The SMILES string of the molecule is CC(C)NC1c2cc3c(cc2SC(C)C1C)OCCO3. The molecular weight excluding hydrogens is 270 g/mol. The van der Waals surface area contributed by atoms with E-state index in [1.807, 2.05) is 11.8 Å². The zero-order valence-corrected chi connectivity index (χ0v) is 13.4. The average Bonchev–Trinajstić information content (AvgIpc) is 2.42. The van der Waals surface area contributed by atoms with Crippen molar-refractivity contribution in [3.8, 4) is 11.5 Å². The number of benzene rings is 1. The number of fused-ring (bicyclic) bond motifs is 2. The molecule has 0 bridgehead atoms. The monoisotopic (exact) mass is 293 g/mol. The van der Waals surface area contributed by atoms with E-state index in [4.69, 9.17) is 9.47 Å². The highest BCUT2D eigenvalue weighted by Gasteiger charge is 2.34. The van der Waals surface area contributed by atoms with Crippen molar-refractivity contribution in [1.82, 2.24) is 5.32 Å². The summed E-state index contributed by atoms with van der Waals surface area (Å²) in [5.41, 5.74) is 1.36. The van der Waals surface area contributed by atoms with E-state index in [1.54, 1.807) is 0 Å². The summed E-state index contributed by atoms with van der Waals surface area (Å²) in [6.45, 7) is 10.3. The molecule has 0 spiro atoms. The molecule has 3 nitrogen and oxygen atoms in total. The molecule has 1 aromatic carbocycles. The van der Waals surface area contributed by atoms with Gasteiger partial charge >= 0.3 is 0 Å². The fourth-order valence-electron chi connectivity index (χ4n) is 2.89. The Morgan fingerprint density at radius 2 is 1.80 bits per heavy atom. The lowest BCUT2D eigenvalue weighted by atomic mass is 9.90. The summed E-state index contributed by atoms with van der Waals surface area (Å²) in [6.07, 6.45) is 0. The largest absolute Gasteiger partial charge is 0.486 e. The van der Waals surface area contributed by atoms with Gasteiger partial charge in [-0.3, -0.25) is 0 Å². The van der Waals surface area contributed by atoms with Gasteiger partial charge in [-0.25, -0.2) is 0 Å². The molecule has 2 aliphatic heterocycles. The van der Waals surface area contributed by atoms with Crippen LogP contribution in [0, 0.1) is 5.92 Å². The zero-order chi connectivity index (χ0) is 14.3. The van der Waals surface area contributed by atoms with Crippen LogP contribution in [0.4, 0.5) is 0 Å². The van der Waals surface area contributed by atoms with Crippen LogP contribution in [0.2, 0.25) is 0 Å². The van der Waals surface area contributed by atoms with Gasteiger partial charge in [0, 0.05) is 22.2 Å². The first-order valence-corrected chi connectivity index (χ1v) is 8.30. The van der Waals surface area contributed by atoms with Gasteiger partial charge in [0.25, 0.3) is 0 Å². The van der Waals surface area contributed by atoms with E-state index in [1.165, 1.54) is 10.5 Å². The number of rotatable bonds is 2. The minimum atomic E-state index is 0.386. The van der Waals surface area contributed by atoms with E-state index in [-0.39, 0.29) is 0 Å². The topological polar surface area (TPSA) is 30.5 Å². The van der Waals surface area contributed by atoms with Crippen LogP contribution in [0.25, 0.3) is 0 Å². The Hall–Kier alpha value is -0.870. The summed E-state index contributed by atoms with van der Waals surface area (Å²) in [6, 6.07) is 5.20. The molecular formula is C16H23NO2S. The molecule has 0 saturated carbocycles. The Balaban J connectivity index is 2.02.